The second-order valence-electron chi connectivity index (χ2n) is 3.34. The van der Waals surface area contributed by atoms with E-state index < -0.39 is 26.2 Å². The molecule has 1 N–H and O–H groups in total. The van der Waals surface area contributed by atoms with Crippen LogP contribution in [0.1, 0.15) is 0 Å². The quantitative estimate of drug-likeness (QED) is 0.530. The molecule has 0 atom stereocenters. The molecule has 17 heavy (non-hydrogen) atoms. The van der Waals surface area contributed by atoms with Crippen LogP contribution in [0.15, 0.2) is 20.7 Å². The molecule has 0 fully saturated rings. The molecule has 96 valence electrons. The molecular weight excluding hydrogens is 361 g/mol. The maximum atomic E-state index is 11.8. The van der Waals surface area contributed by atoms with Crippen molar-refractivity contribution in [1.82, 2.24) is 13.9 Å². The molecule has 0 spiro atoms. The molecule has 1 rings (SSSR count). The summed E-state index contributed by atoms with van der Waals surface area (Å²) in [5.41, 5.74) is -1.39. The molecule has 0 radical (unpaired) electrons. The molecule has 0 aliphatic carbocycles. The summed E-state index contributed by atoms with van der Waals surface area (Å²) in [6.45, 7) is 0.231. The van der Waals surface area contributed by atoms with E-state index in [0.717, 1.165) is 15.3 Å². The molecule has 0 saturated carbocycles. The topological polar surface area (TPSA) is 90.2 Å². The van der Waals surface area contributed by atoms with Crippen molar-refractivity contribution in [3.63, 3.8) is 0 Å². The molecule has 0 amide bonds. The first-order valence-corrected chi connectivity index (χ1v) is 7.64. The van der Waals surface area contributed by atoms with Crippen LogP contribution in [0, 0.1) is 0 Å². The highest BCUT2D eigenvalue weighted by Gasteiger charge is 2.20. The van der Waals surface area contributed by atoms with Gasteiger partial charge in [-0.1, -0.05) is 22.6 Å². The van der Waals surface area contributed by atoms with E-state index in [1.807, 2.05) is 22.6 Å². The van der Waals surface area contributed by atoms with Gasteiger partial charge >= 0.3 is 5.69 Å². The van der Waals surface area contributed by atoms with Gasteiger partial charge < -0.3 is 4.57 Å². The van der Waals surface area contributed by atoms with Crippen molar-refractivity contribution < 1.29 is 8.42 Å². The summed E-state index contributed by atoms with van der Waals surface area (Å²) in [5, 5.41) is 0. The maximum Gasteiger partial charge on any atom is 0.330 e. The number of hydrogen-bond donors (Lipinski definition) is 1. The predicted molar refractivity (Wildman–Crippen MR) is 71.0 cm³/mol. The van der Waals surface area contributed by atoms with Crippen LogP contribution < -0.4 is 16.0 Å². The van der Waals surface area contributed by atoms with Crippen LogP contribution in [0.2, 0.25) is 0 Å². The lowest BCUT2D eigenvalue weighted by Gasteiger charge is -2.08. The minimum absolute atomic E-state index is 0.231. The van der Waals surface area contributed by atoms with Gasteiger partial charge in [0.1, 0.15) is 0 Å². The Morgan fingerprint density at radius 3 is 2.47 bits per heavy atom. The largest absolute Gasteiger partial charge is 0.330 e. The summed E-state index contributed by atoms with van der Waals surface area (Å²) in [6.07, 6.45) is 1.03. The summed E-state index contributed by atoms with van der Waals surface area (Å²) < 4.78 is 28.2. The smallest absolute Gasteiger partial charge is 0.302 e. The number of aromatic nitrogens is 2. The Morgan fingerprint density at radius 2 is 1.94 bits per heavy atom. The SMILES string of the molecule is Cn1cc(S(=O)(=O)NCCI)c(=O)n(C)c1=O. The molecule has 0 unspecified atom stereocenters. The number of hydrogen-bond acceptors (Lipinski definition) is 4. The second kappa shape index (κ2) is 5.31. The lowest BCUT2D eigenvalue weighted by Crippen LogP contribution is -2.41. The van der Waals surface area contributed by atoms with Crippen molar-refractivity contribution in [2.45, 2.75) is 4.90 Å². The van der Waals surface area contributed by atoms with Gasteiger partial charge in [-0.25, -0.2) is 17.9 Å². The zero-order valence-corrected chi connectivity index (χ0v) is 12.3. The average Bonchev–Trinajstić information content (AvgIpc) is 2.28. The predicted octanol–water partition coefficient (Wildman–Crippen LogP) is -1.20. The fraction of sp³-hybridized carbons (Fsp3) is 0.500. The van der Waals surface area contributed by atoms with E-state index in [4.69, 9.17) is 0 Å². The van der Waals surface area contributed by atoms with E-state index in [1.54, 1.807) is 0 Å². The van der Waals surface area contributed by atoms with Gasteiger partial charge in [-0.2, -0.15) is 0 Å². The Kier molecular flexibility index (Phi) is 4.49. The van der Waals surface area contributed by atoms with E-state index >= 15 is 0 Å². The van der Waals surface area contributed by atoms with Crippen molar-refractivity contribution in [2.75, 3.05) is 11.0 Å². The highest BCUT2D eigenvalue weighted by molar-refractivity contribution is 14.1. The van der Waals surface area contributed by atoms with Gasteiger partial charge in [-0.15, -0.1) is 0 Å². The van der Waals surface area contributed by atoms with Gasteiger partial charge in [-0.05, 0) is 0 Å². The number of aryl methyl sites for hydroxylation is 1. The van der Waals surface area contributed by atoms with E-state index in [2.05, 4.69) is 4.72 Å². The number of nitrogens with one attached hydrogen (secondary N) is 1. The third kappa shape index (κ3) is 2.96. The molecule has 1 aromatic heterocycles. The number of sulfonamides is 1. The fourth-order valence-electron chi connectivity index (χ4n) is 1.21. The third-order valence-corrected chi connectivity index (χ3v) is 4.07. The van der Waals surface area contributed by atoms with Crippen molar-refractivity contribution in [3.05, 3.63) is 27.0 Å². The normalized spacial score (nSPS) is 11.7. The van der Waals surface area contributed by atoms with Crippen LogP contribution in [0.4, 0.5) is 0 Å². The van der Waals surface area contributed by atoms with Crippen molar-refractivity contribution >= 4 is 32.6 Å². The van der Waals surface area contributed by atoms with Crippen LogP contribution in [0.5, 0.6) is 0 Å². The summed E-state index contributed by atoms with van der Waals surface area (Å²) in [4.78, 5) is 22.6. The molecule has 7 nitrogen and oxygen atoms in total. The Balaban J connectivity index is 3.44. The lowest BCUT2D eigenvalue weighted by atomic mass is 10.6. The van der Waals surface area contributed by atoms with E-state index in [9.17, 15) is 18.0 Å². The summed E-state index contributed by atoms with van der Waals surface area (Å²) >= 11 is 2.01. The zero-order chi connectivity index (χ0) is 13.2. The molecule has 0 bridgehead atoms. The van der Waals surface area contributed by atoms with Crippen LogP contribution in [0.25, 0.3) is 0 Å². The number of alkyl halides is 1. The van der Waals surface area contributed by atoms with Crippen LogP contribution >= 0.6 is 22.6 Å². The monoisotopic (exact) mass is 373 g/mol. The number of rotatable bonds is 4. The highest BCUT2D eigenvalue weighted by Crippen LogP contribution is 1.99. The second-order valence-corrected chi connectivity index (χ2v) is 6.15. The molecule has 0 aliphatic heterocycles. The van der Waals surface area contributed by atoms with Gasteiger partial charge in [0.15, 0.2) is 4.90 Å². The first-order valence-electron chi connectivity index (χ1n) is 4.63. The molecule has 0 aliphatic rings. The van der Waals surface area contributed by atoms with Gasteiger partial charge in [0, 0.05) is 31.3 Å². The Morgan fingerprint density at radius 1 is 1.35 bits per heavy atom. The minimum Gasteiger partial charge on any atom is -0.302 e. The Labute approximate surface area is 112 Å². The van der Waals surface area contributed by atoms with Gasteiger partial charge in [0.2, 0.25) is 10.0 Å². The third-order valence-electron chi connectivity index (χ3n) is 2.09. The lowest BCUT2D eigenvalue weighted by molar-refractivity contribution is 0.573. The molecular formula is C8H12IN3O4S. The first-order chi connectivity index (χ1) is 7.81. The molecule has 0 aromatic carbocycles. The first kappa shape index (κ1) is 14.4. The molecule has 1 aromatic rings. The fourth-order valence-corrected chi connectivity index (χ4v) is 3.04. The maximum absolute atomic E-state index is 11.8. The Hall–Kier alpha value is -0.680. The van der Waals surface area contributed by atoms with E-state index in [0.29, 0.717) is 4.43 Å². The summed E-state index contributed by atoms with van der Waals surface area (Å²) in [5.74, 6) is 0. The minimum atomic E-state index is -3.86. The van der Waals surface area contributed by atoms with E-state index in [-0.39, 0.29) is 6.54 Å². The average molecular weight is 373 g/mol. The Bertz CT molecular complexity index is 631. The number of halogens is 1. The highest BCUT2D eigenvalue weighted by atomic mass is 127. The summed E-state index contributed by atoms with van der Waals surface area (Å²) in [7, 11) is -1.24. The van der Waals surface area contributed by atoms with Crippen molar-refractivity contribution in [2.24, 2.45) is 14.1 Å². The van der Waals surface area contributed by atoms with Crippen molar-refractivity contribution in [1.29, 1.82) is 0 Å². The molecule has 1 heterocycles. The van der Waals surface area contributed by atoms with Crippen molar-refractivity contribution in [3.8, 4) is 0 Å². The molecule has 0 saturated heterocycles. The standard InChI is InChI=1S/C8H12IN3O4S/c1-11-5-6(7(13)12(2)8(11)14)17(15,16)10-4-3-9/h5,10H,3-4H2,1-2H3. The van der Waals surface area contributed by atoms with Crippen LogP contribution in [-0.4, -0.2) is 28.5 Å². The van der Waals surface area contributed by atoms with E-state index in [1.165, 1.54) is 14.1 Å². The van der Waals surface area contributed by atoms with Crippen LogP contribution in [0.3, 0.4) is 0 Å². The number of nitrogens with zero attached hydrogens (tertiary/aromatic N) is 2. The summed E-state index contributed by atoms with van der Waals surface area (Å²) in [6, 6.07) is 0. The van der Waals surface area contributed by atoms with Gasteiger partial charge in [0.05, 0.1) is 0 Å². The zero-order valence-electron chi connectivity index (χ0n) is 9.31. The van der Waals surface area contributed by atoms with Gasteiger partial charge in [-0.3, -0.25) is 9.36 Å². The molecule has 9 heteroatoms. The van der Waals surface area contributed by atoms with Crippen LogP contribution in [-0.2, 0) is 24.1 Å². The van der Waals surface area contributed by atoms with Gasteiger partial charge in [0.25, 0.3) is 5.56 Å².